The van der Waals surface area contributed by atoms with E-state index in [4.69, 9.17) is 21.1 Å². The zero-order valence-electron chi connectivity index (χ0n) is 13.2. The summed E-state index contributed by atoms with van der Waals surface area (Å²) in [5.74, 6) is -0.952. The summed E-state index contributed by atoms with van der Waals surface area (Å²) in [4.78, 5) is 13.5. The van der Waals surface area contributed by atoms with E-state index in [0.717, 1.165) is 6.07 Å². The van der Waals surface area contributed by atoms with Crippen LogP contribution in [0.15, 0.2) is 36.4 Å². The Labute approximate surface area is 143 Å². The molecule has 7 heteroatoms. The third-order valence-corrected chi connectivity index (χ3v) is 3.60. The van der Waals surface area contributed by atoms with E-state index in [-0.39, 0.29) is 35.6 Å². The van der Waals surface area contributed by atoms with Crippen molar-refractivity contribution < 1.29 is 23.0 Å². The van der Waals surface area contributed by atoms with E-state index in [1.54, 1.807) is 13.1 Å². The van der Waals surface area contributed by atoms with Gasteiger partial charge in [-0.15, -0.1) is 0 Å². The zero-order valence-corrected chi connectivity index (χ0v) is 13.9. The van der Waals surface area contributed by atoms with Crippen molar-refractivity contribution in [3.63, 3.8) is 0 Å². The van der Waals surface area contributed by atoms with Gasteiger partial charge in [-0.05, 0) is 35.9 Å². The lowest BCUT2D eigenvalue weighted by molar-refractivity contribution is -0.132. The van der Waals surface area contributed by atoms with Gasteiger partial charge in [0.15, 0.2) is 18.2 Å². The average Bonchev–Trinajstić information content (AvgIpc) is 2.54. The first-order chi connectivity index (χ1) is 11.4. The standard InChI is InChI=1S/C17H16ClF2NO3/c1-21(9-11-3-5-16(23-2)14(20)7-11)17(22)10-24-15-6-4-12(19)8-13(15)18/h3-8H,9-10H2,1-2H3. The number of likely N-dealkylation sites (N-methyl/N-ethyl adjacent to an activating group) is 1. The molecule has 2 rings (SSSR count). The van der Waals surface area contributed by atoms with E-state index in [1.807, 2.05) is 0 Å². The van der Waals surface area contributed by atoms with Gasteiger partial charge < -0.3 is 14.4 Å². The molecule has 0 radical (unpaired) electrons. The van der Waals surface area contributed by atoms with Crippen molar-refractivity contribution in [2.45, 2.75) is 6.54 Å². The van der Waals surface area contributed by atoms with E-state index < -0.39 is 11.6 Å². The van der Waals surface area contributed by atoms with Gasteiger partial charge in [-0.3, -0.25) is 4.79 Å². The fraction of sp³-hybridized carbons (Fsp3) is 0.235. The molecule has 0 aliphatic heterocycles. The smallest absolute Gasteiger partial charge is 0.260 e. The summed E-state index contributed by atoms with van der Waals surface area (Å²) in [5.41, 5.74) is 0.615. The number of ether oxygens (including phenoxy) is 2. The number of carbonyl (C=O) groups excluding carboxylic acids is 1. The second kappa shape index (κ2) is 7.97. The van der Waals surface area contributed by atoms with Crippen LogP contribution in [-0.4, -0.2) is 31.6 Å². The van der Waals surface area contributed by atoms with Crippen LogP contribution in [0.5, 0.6) is 11.5 Å². The van der Waals surface area contributed by atoms with Gasteiger partial charge in [0.05, 0.1) is 12.1 Å². The highest BCUT2D eigenvalue weighted by atomic mass is 35.5. The second-order valence-corrected chi connectivity index (χ2v) is 5.49. The van der Waals surface area contributed by atoms with Crippen LogP contribution in [0.2, 0.25) is 5.02 Å². The predicted molar refractivity (Wildman–Crippen MR) is 86.3 cm³/mol. The van der Waals surface area contributed by atoms with Crippen molar-refractivity contribution in [1.82, 2.24) is 4.90 Å². The molecule has 0 saturated carbocycles. The molecule has 0 unspecified atom stereocenters. The molecule has 128 valence electrons. The minimum atomic E-state index is -0.495. The normalized spacial score (nSPS) is 10.4. The zero-order chi connectivity index (χ0) is 17.7. The largest absolute Gasteiger partial charge is 0.494 e. The summed E-state index contributed by atoms with van der Waals surface area (Å²) in [6.07, 6.45) is 0. The minimum absolute atomic E-state index is 0.0858. The van der Waals surface area contributed by atoms with Gasteiger partial charge in [-0.2, -0.15) is 0 Å². The lowest BCUT2D eigenvalue weighted by Gasteiger charge is -2.18. The summed E-state index contributed by atoms with van der Waals surface area (Å²) in [6, 6.07) is 8.12. The number of amides is 1. The SMILES string of the molecule is COc1ccc(CN(C)C(=O)COc2ccc(F)cc2Cl)cc1F. The molecule has 0 aliphatic rings. The van der Waals surface area contributed by atoms with Crippen molar-refractivity contribution in [1.29, 1.82) is 0 Å². The summed E-state index contributed by atoms with van der Waals surface area (Å²) in [7, 11) is 2.95. The first-order valence-corrected chi connectivity index (χ1v) is 7.42. The highest BCUT2D eigenvalue weighted by Gasteiger charge is 2.13. The van der Waals surface area contributed by atoms with Crippen molar-refractivity contribution in [2.75, 3.05) is 20.8 Å². The molecule has 0 spiro atoms. The molecule has 1 amide bonds. The number of carbonyl (C=O) groups is 1. The third kappa shape index (κ3) is 4.58. The fourth-order valence-corrected chi connectivity index (χ4v) is 2.23. The van der Waals surface area contributed by atoms with Gasteiger partial charge in [0.25, 0.3) is 5.91 Å². The number of nitrogens with zero attached hydrogens (tertiary/aromatic N) is 1. The maximum atomic E-state index is 13.6. The Balaban J connectivity index is 1.93. The summed E-state index contributed by atoms with van der Waals surface area (Å²) in [6.45, 7) is -0.0548. The molecule has 4 nitrogen and oxygen atoms in total. The maximum absolute atomic E-state index is 13.6. The van der Waals surface area contributed by atoms with Crippen molar-refractivity contribution >= 4 is 17.5 Å². The van der Waals surface area contributed by atoms with Crippen LogP contribution < -0.4 is 9.47 Å². The lowest BCUT2D eigenvalue weighted by atomic mass is 10.2. The predicted octanol–water partition coefficient (Wildman–Crippen LogP) is 3.66. The number of hydrogen-bond acceptors (Lipinski definition) is 3. The van der Waals surface area contributed by atoms with Crippen LogP contribution in [-0.2, 0) is 11.3 Å². The maximum Gasteiger partial charge on any atom is 0.260 e. The molecule has 0 aromatic heterocycles. The van der Waals surface area contributed by atoms with Crippen LogP contribution in [0.4, 0.5) is 8.78 Å². The monoisotopic (exact) mass is 355 g/mol. The van der Waals surface area contributed by atoms with E-state index in [0.29, 0.717) is 5.56 Å². The molecule has 0 bridgehead atoms. The van der Waals surface area contributed by atoms with Gasteiger partial charge in [0.1, 0.15) is 11.6 Å². The number of rotatable bonds is 6. The highest BCUT2D eigenvalue weighted by molar-refractivity contribution is 6.32. The topological polar surface area (TPSA) is 38.8 Å². The minimum Gasteiger partial charge on any atom is -0.494 e. The van der Waals surface area contributed by atoms with E-state index >= 15 is 0 Å². The fourth-order valence-electron chi connectivity index (χ4n) is 2.01. The summed E-state index contributed by atoms with van der Waals surface area (Å²) in [5, 5.41) is 0.0858. The Morgan fingerprint density at radius 3 is 2.50 bits per heavy atom. The molecule has 0 heterocycles. The number of halogens is 3. The molecule has 0 fully saturated rings. The Kier molecular flexibility index (Phi) is 5.98. The Bertz CT molecular complexity index is 740. The van der Waals surface area contributed by atoms with Crippen LogP contribution >= 0.6 is 11.6 Å². The van der Waals surface area contributed by atoms with Crippen molar-refractivity contribution in [2.24, 2.45) is 0 Å². The Morgan fingerprint density at radius 1 is 1.17 bits per heavy atom. The van der Waals surface area contributed by atoms with E-state index in [9.17, 15) is 13.6 Å². The van der Waals surface area contributed by atoms with Gasteiger partial charge in [0.2, 0.25) is 0 Å². The Hall–Kier alpha value is -2.34. The van der Waals surface area contributed by atoms with Crippen LogP contribution in [0.25, 0.3) is 0 Å². The van der Waals surface area contributed by atoms with E-state index in [2.05, 4.69) is 0 Å². The molecule has 24 heavy (non-hydrogen) atoms. The van der Waals surface area contributed by atoms with Crippen LogP contribution in [0, 0.1) is 11.6 Å². The van der Waals surface area contributed by atoms with Crippen molar-refractivity contribution in [3.05, 3.63) is 58.6 Å². The molecular formula is C17H16ClF2NO3. The number of benzene rings is 2. The molecule has 2 aromatic carbocycles. The molecule has 0 saturated heterocycles. The van der Waals surface area contributed by atoms with Crippen LogP contribution in [0.1, 0.15) is 5.56 Å². The Morgan fingerprint density at radius 2 is 1.88 bits per heavy atom. The number of hydrogen-bond donors (Lipinski definition) is 0. The third-order valence-electron chi connectivity index (χ3n) is 3.31. The first-order valence-electron chi connectivity index (χ1n) is 7.05. The van der Waals surface area contributed by atoms with Gasteiger partial charge in [-0.1, -0.05) is 17.7 Å². The molecule has 0 aliphatic carbocycles. The highest BCUT2D eigenvalue weighted by Crippen LogP contribution is 2.25. The van der Waals surface area contributed by atoms with E-state index in [1.165, 1.54) is 36.3 Å². The number of methoxy groups -OCH3 is 1. The molecule has 2 aromatic rings. The summed E-state index contributed by atoms with van der Waals surface area (Å²) < 4.78 is 36.7. The quantitative estimate of drug-likeness (QED) is 0.793. The van der Waals surface area contributed by atoms with Gasteiger partial charge in [-0.25, -0.2) is 8.78 Å². The average molecular weight is 356 g/mol. The summed E-state index contributed by atoms with van der Waals surface area (Å²) >= 11 is 5.82. The van der Waals surface area contributed by atoms with Crippen LogP contribution in [0.3, 0.4) is 0 Å². The molecule has 0 N–H and O–H groups in total. The van der Waals surface area contributed by atoms with Gasteiger partial charge in [0, 0.05) is 13.6 Å². The van der Waals surface area contributed by atoms with Crippen molar-refractivity contribution in [3.8, 4) is 11.5 Å². The first kappa shape index (κ1) is 18.0. The van der Waals surface area contributed by atoms with Gasteiger partial charge >= 0.3 is 0 Å². The molecular weight excluding hydrogens is 340 g/mol. The molecule has 0 atom stereocenters. The second-order valence-electron chi connectivity index (χ2n) is 5.08. The lowest BCUT2D eigenvalue weighted by Crippen LogP contribution is -2.31.